The van der Waals surface area contributed by atoms with Gasteiger partial charge >= 0.3 is 73.2 Å². The summed E-state index contributed by atoms with van der Waals surface area (Å²) in [5.74, 6) is 0. The first-order valence-electron chi connectivity index (χ1n) is 0. The molecule has 0 unspecified atom stereocenters. The van der Waals surface area contributed by atoms with Crippen molar-refractivity contribution in [2.75, 3.05) is 0 Å². The van der Waals surface area contributed by atoms with E-state index < -0.39 is 0 Å². The summed E-state index contributed by atoms with van der Waals surface area (Å²) in [4.78, 5) is 0. The molecule has 0 bridgehead atoms. The minimum atomic E-state index is 0. The van der Waals surface area contributed by atoms with Crippen LogP contribution in [0.4, 0.5) is 0 Å². The van der Waals surface area contributed by atoms with Gasteiger partial charge in [0.05, 0.1) is 0 Å². The van der Waals surface area contributed by atoms with E-state index in [1.807, 2.05) is 0 Å². The van der Waals surface area contributed by atoms with E-state index in [0.717, 1.165) is 0 Å². The normalized spacial score (nSPS) is 0. The van der Waals surface area contributed by atoms with Crippen molar-refractivity contribution in [3.63, 3.8) is 0 Å². The number of hydrogen-bond acceptors (Lipinski definition) is 9. The molecule has 0 saturated carbocycles. The Morgan fingerprint density at radius 2 is 0.385 bits per heavy atom. The third-order valence-corrected chi connectivity index (χ3v) is 0. The van der Waals surface area contributed by atoms with E-state index in [1.165, 1.54) is 0 Å². The molecule has 9 nitrogen and oxygen atoms in total. The van der Waals surface area contributed by atoms with Gasteiger partial charge in [0.2, 0.25) is 0 Å². The van der Waals surface area contributed by atoms with Crippen LogP contribution in [0.25, 0.3) is 0 Å². The van der Waals surface area contributed by atoms with Crippen molar-refractivity contribution in [1.29, 1.82) is 0 Å². The third-order valence-electron chi connectivity index (χ3n) is 0. The Labute approximate surface area is 122 Å². The first kappa shape index (κ1) is 781. The van der Waals surface area contributed by atoms with E-state index in [1.54, 1.807) is 0 Å². The van der Waals surface area contributed by atoms with Crippen LogP contribution >= 0.6 is 0 Å². The molecule has 1 radical (unpaired) electrons. The maximum Gasteiger partial charge on any atom is 4.00 e. The second-order valence-electron chi connectivity index (χ2n) is 0. The molecule has 0 rings (SSSR count). The summed E-state index contributed by atoms with van der Waals surface area (Å²) >= 11 is 0. The standard InChI is InChI=1S/Co.Li.Ni.9H2O.W/h;;;9*1H2;/q+2;+1;+2;;;;;;;;;;+4/p-9. The van der Waals surface area contributed by atoms with Gasteiger partial charge in [-0.05, 0) is 0 Å². The molecular formula is H9CoLiNiO9W. The molecule has 0 spiro atoms. The molecule has 0 aliphatic heterocycles. The Hall–Kier alpha value is 1.93. The van der Waals surface area contributed by atoms with Crippen molar-refractivity contribution in [1.82, 2.24) is 0 Å². The largest absolute Gasteiger partial charge is 4.00 e. The Morgan fingerprint density at radius 3 is 0.385 bits per heavy atom. The molecule has 13 heavy (non-hydrogen) atoms. The molecule has 0 aliphatic rings. The topological polar surface area (TPSA) is 270 Å². The van der Waals surface area contributed by atoms with Gasteiger partial charge in [-0.15, -0.1) is 0 Å². The number of hydrogen-bond donors (Lipinski definition) is 0. The maximum atomic E-state index is 0. The van der Waals surface area contributed by atoms with Crippen molar-refractivity contribution >= 4 is 0 Å². The molecule has 0 aromatic heterocycles. The predicted octanol–water partition coefficient (Wildman–Crippen LogP) is -4.59. The van der Waals surface area contributed by atoms with Gasteiger partial charge in [-0.25, -0.2) is 0 Å². The minimum Gasteiger partial charge on any atom is -0.870 e. The van der Waals surface area contributed by atoms with E-state index in [0.29, 0.717) is 0 Å². The summed E-state index contributed by atoms with van der Waals surface area (Å²) in [7, 11) is 0. The molecule has 9 N–H and O–H groups in total. The van der Waals surface area contributed by atoms with Gasteiger partial charge in [0.1, 0.15) is 0 Å². The smallest absolute Gasteiger partial charge is 0.870 e. The summed E-state index contributed by atoms with van der Waals surface area (Å²) in [6.45, 7) is 0. The Bertz CT molecular complexity index is 19.6. The predicted molar refractivity (Wildman–Crippen MR) is 17.4 cm³/mol. The average molecular weight is 461 g/mol. The van der Waals surface area contributed by atoms with E-state index >= 15 is 0 Å². The monoisotopic (exact) mass is 461 g/mol. The van der Waals surface area contributed by atoms with Gasteiger partial charge in [0.25, 0.3) is 0 Å². The first-order valence-corrected chi connectivity index (χ1v) is 0. The van der Waals surface area contributed by atoms with Crippen molar-refractivity contribution in [2.24, 2.45) is 0 Å². The first-order chi connectivity index (χ1) is 0. The van der Waals surface area contributed by atoms with Gasteiger partial charge < -0.3 is 49.3 Å². The van der Waals surface area contributed by atoms with Crippen molar-refractivity contribution in [3.05, 3.63) is 0 Å². The third kappa shape index (κ3) is 534. The fourth-order valence-electron chi connectivity index (χ4n) is 0. The second-order valence-corrected chi connectivity index (χ2v) is 0. The van der Waals surface area contributed by atoms with Gasteiger partial charge in [-0.2, -0.15) is 0 Å². The zero-order chi connectivity index (χ0) is 0. The molecule has 0 aromatic carbocycles. The van der Waals surface area contributed by atoms with Crippen LogP contribution in [-0.2, 0) is 54.3 Å². The van der Waals surface area contributed by atoms with Crippen LogP contribution in [0.2, 0.25) is 0 Å². The van der Waals surface area contributed by atoms with Crippen molar-refractivity contribution < 1.29 is 122 Å². The maximum absolute atomic E-state index is 0. The van der Waals surface area contributed by atoms with Gasteiger partial charge in [0.15, 0.2) is 0 Å². The van der Waals surface area contributed by atoms with Crippen LogP contribution in [0.3, 0.4) is 0 Å². The van der Waals surface area contributed by atoms with Crippen molar-refractivity contribution in [3.8, 4) is 0 Å². The molecule has 13 heteroatoms. The summed E-state index contributed by atoms with van der Waals surface area (Å²) in [6.07, 6.45) is 0. The van der Waals surface area contributed by atoms with Gasteiger partial charge in [-0.3, -0.25) is 0 Å². The van der Waals surface area contributed by atoms with Crippen LogP contribution in [0.5, 0.6) is 0 Å². The van der Waals surface area contributed by atoms with E-state index in [-0.39, 0.29) is 122 Å². The molecule has 0 heterocycles. The Morgan fingerprint density at radius 1 is 0.385 bits per heavy atom. The van der Waals surface area contributed by atoms with Gasteiger partial charge in [0, 0.05) is 0 Å². The summed E-state index contributed by atoms with van der Waals surface area (Å²) < 4.78 is 0. The van der Waals surface area contributed by atoms with E-state index in [2.05, 4.69) is 0 Å². The zero-order valence-corrected chi connectivity index (χ0v) is 11.0. The summed E-state index contributed by atoms with van der Waals surface area (Å²) in [5.41, 5.74) is 0. The van der Waals surface area contributed by atoms with Crippen LogP contribution in [0.15, 0.2) is 0 Å². The van der Waals surface area contributed by atoms with Gasteiger partial charge in [-0.1, -0.05) is 0 Å². The molecule has 0 amide bonds. The summed E-state index contributed by atoms with van der Waals surface area (Å²) in [6, 6.07) is 0. The molecule has 0 aromatic rings. The van der Waals surface area contributed by atoms with Crippen LogP contribution in [0, 0.1) is 0 Å². The minimum absolute atomic E-state index is 0. The second kappa shape index (κ2) is 627. The van der Waals surface area contributed by atoms with Crippen molar-refractivity contribution in [2.45, 2.75) is 0 Å². The molecule has 0 fully saturated rings. The average Bonchev–Trinajstić information content (AvgIpc) is 0. The SMILES string of the molecule is [Co+2].[Li+].[Ni+2].[OH-].[OH-].[OH-].[OH-].[OH-].[OH-].[OH-].[OH-].[OH-].[W+4]. The van der Waals surface area contributed by atoms with Crippen LogP contribution < -0.4 is 18.9 Å². The van der Waals surface area contributed by atoms with Crippen LogP contribution in [-0.4, -0.2) is 49.3 Å². The zero-order valence-electron chi connectivity index (χ0n) is 6.08. The molecule has 89 valence electrons. The molecule has 0 atom stereocenters. The van der Waals surface area contributed by atoms with E-state index in [9.17, 15) is 0 Å². The Balaban J connectivity index is 0. The Kier molecular flexibility index (Phi) is 37700. The molecule has 0 saturated heterocycles. The quantitative estimate of drug-likeness (QED) is 0.313. The fourth-order valence-corrected chi connectivity index (χ4v) is 0. The summed E-state index contributed by atoms with van der Waals surface area (Å²) in [5, 5.41) is 0. The van der Waals surface area contributed by atoms with E-state index in [4.69, 9.17) is 0 Å². The molecule has 0 aliphatic carbocycles. The fraction of sp³-hybridized carbons (Fsp3) is 0. The van der Waals surface area contributed by atoms with Crippen LogP contribution in [0.1, 0.15) is 0 Å². The molecular weight excluding hydrogens is 452 g/mol. The number of rotatable bonds is 0.